The number of carbonyl (C=O) groups excluding carboxylic acids is 1. The number of cyclic esters (lactones) is 1. The summed E-state index contributed by atoms with van der Waals surface area (Å²) >= 11 is 3.61. The van der Waals surface area contributed by atoms with Crippen molar-refractivity contribution >= 4 is 44.6 Å². The molecule has 3 aromatic rings. The molecule has 7 nitrogen and oxygen atoms in total. The van der Waals surface area contributed by atoms with Crippen LogP contribution in [-0.2, 0) is 4.74 Å². The highest BCUT2D eigenvalue weighted by molar-refractivity contribution is 9.10. The van der Waals surface area contributed by atoms with Gasteiger partial charge in [-0.1, -0.05) is 32.0 Å². The van der Waals surface area contributed by atoms with E-state index in [1.807, 2.05) is 12.1 Å². The van der Waals surface area contributed by atoms with Crippen LogP contribution >= 0.6 is 15.9 Å². The molecule has 1 aliphatic heterocycles. The minimum atomic E-state index is -0.369. The van der Waals surface area contributed by atoms with Crippen LogP contribution in [0.5, 0.6) is 5.75 Å². The average molecular weight is 485 g/mol. The van der Waals surface area contributed by atoms with Crippen molar-refractivity contribution in [2.24, 2.45) is 5.92 Å². The van der Waals surface area contributed by atoms with Crippen molar-refractivity contribution in [3.63, 3.8) is 0 Å². The second-order valence-corrected chi connectivity index (χ2v) is 8.72. The first-order valence-electron chi connectivity index (χ1n) is 10.2. The van der Waals surface area contributed by atoms with Gasteiger partial charge in [0.2, 0.25) is 5.95 Å². The van der Waals surface area contributed by atoms with E-state index >= 15 is 0 Å². The maximum Gasteiger partial charge on any atom is 0.415 e. The van der Waals surface area contributed by atoms with E-state index in [0.717, 1.165) is 26.6 Å². The number of halogens is 1. The third-order valence-electron chi connectivity index (χ3n) is 5.57. The minimum Gasteiger partial charge on any atom is -0.496 e. The van der Waals surface area contributed by atoms with Gasteiger partial charge in [0.05, 0.1) is 23.7 Å². The van der Waals surface area contributed by atoms with E-state index in [-0.39, 0.29) is 24.1 Å². The van der Waals surface area contributed by atoms with Crippen LogP contribution in [0.2, 0.25) is 0 Å². The summed E-state index contributed by atoms with van der Waals surface area (Å²) in [7, 11) is 1.66. The van der Waals surface area contributed by atoms with Gasteiger partial charge >= 0.3 is 6.09 Å². The number of fused-ring (bicyclic) bond motifs is 1. The molecule has 1 aromatic heterocycles. The molecule has 2 atom stereocenters. The van der Waals surface area contributed by atoms with Crippen LogP contribution < -0.4 is 15.0 Å². The van der Waals surface area contributed by atoms with Crippen molar-refractivity contribution in [1.29, 1.82) is 0 Å². The Labute approximate surface area is 189 Å². The molecule has 2 heterocycles. The highest BCUT2D eigenvalue weighted by atomic mass is 79.9. The molecule has 8 heteroatoms. The summed E-state index contributed by atoms with van der Waals surface area (Å²) < 4.78 is 11.6. The normalized spacial score (nSPS) is 17.2. The Morgan fingerprint density at radius 1 is 1.23 bits per heavy atom. The van der Waals surface area contributed by atoms with Crippen molar-refractivity contribution in [3.8, 4) is 5.75 Å². The molecule has 0 unspecified atom stereocenters. The van der Waals surface area contributed by atoms with Gasteiger partial charge in [0.15, 0.2) is 0 Å². The summed E-state index contributed by atoms with van der Waals surface area (Å²) in [6, 6.07) is 11.9. The van der Waals surface area contributed by atoms with Crippen molar-refractivity contribution in [3.05, 3.63) is 52.6 Å². The standard InChI is InChI=1S/C23H25BrN4O3/c1-13(2)18-12-31-23(29)28(18)20-9-10-25-22(27-20)26-14(3)15-5-7-17-16(11-15)6-8-19(30-4)21(17)24/h5-11,13-14,18H,12H2,1-4H3,(H,25,26,27)/t14-,18+/m0/s1. The maximum atomic E-state index is 12.3. The molecule has 1 fully saturated rings. The Bertz CT molecular complexity index is 1120. The Kier molecular flexibility index (Phi) is 6.00. The van der Waals surface area contributed by atoms with Crippen LogP contribution in [0.15, 0.2) is 47.1 Å². The molecule has 1 saturated heterocycles. The van der Waals surface area contributed by atoms with Crippen LogP contribution in [0.4, 0.5) is 16.6 Å². The monoisotopic (exact) mass is 484 g/mol. The first kappa shape index (κ1) is 21.4. The predicted octanol–water partition coefficient (Wildman–Crippen LogP) is 5.56. The van der Waals surface area contributed by atoms with Crippen molar-refractivity contribution in [2.75, 3.05) is 23.9 Å². The van der Waals surface area contributed by atoms with Crippen molar-refractivity contribution < 1.29 is 14.3 Å². The number of methoxy groups -OCH3 is 1. The van der Waals surface area contributed by atoms with E-state index in [0.29, 0.717) is 18.4 Å². The zero-order valence-corrected chi connectivity index (χ0v) is 19.5. The van der Waals surface area contributed by atoms with Gasteiger partial charge in [-0.25, -0.2) is 9.78 Å². The number of ether oxygens (including phenoxy) is 2. The number of hydrogen-bond acceptors (Lipinski definition) is 6. The van der Waals surface area contributed by atoms with Crippen LogP contribution in [0, 0.1) is 5.92 Å². The summed E-state index contributed by atoms with van der Waals surface area (Å²) in [5, 5.41) is 5.53. The van der Waals surface area contributed by atoms with Gasteiger partial charge in [0.1, 0.15) is 18.2 Å². The smallest absolute Gasteiger partial charge is 0.415 e. The lowest BCUT2D eigenvalue weighted by molar-refractivity contribution is 0.177. The Morgan fingerprint density at radius 2 is 2.03 bits per heavy atom. The fourth-order valence-corrected chi connectivity index (χ4v) is 4.39. The number of amides is 1. The summed E-state index contributed by atoms with van der Waals surface area (Å²) in [5.74, 6) is 2.06. The number of hydrogen-bond donors (Lipinski definition) is 1. The molecule has 0 spiro atoms. The number of anilines is 2. The number of carbonyl (C=O) groups is 1. The lowest BCUT2D eigenvalue weighted by Gasteiger charge is -2.24. The second-order valence-electron chi connectivity index (χ2n) is 7.93. The lowest BCUT2D eigenvalue weighted by atomic mass is 10.0. The summed E-state index contributed by atoms with van der Waals surface area (Å²) in [6.07, 6.45) is 1.29. The fourth-order valence-electron chi connectivity index (χ4n) is 3.74. The third kappa shape index (κ3) is 4.17. The van der Waals surface area contributed by atoms with Gasteiger partial charge in [-0.15, -0.1) is 0 Å². The summed E-state index contributed by atoms with van der Waals surface area (Å²) in [4.78, 5) is 22.8. The van der Waals surface area contributed by atoms with Gasteiger partial charge in [-0.05, 0) is 63.3 Å². The Hall–Kier alpha value is -2.87. The van der Waals surface area contributed by atoms with Gasteiger partial charge in [0, 0.05) is 6.20 Å². The van der Waals surface area contributed by atoms with E-state index in [1.54, 1.807) is 24.3 Å². The van der Waals surface area contributed by atoms with E-state index < -0.39 is 0 Å². The zero-order valence-electron chi connectivity index (χ0n) is 17.9. The average Bonchev–Trinajstić information content (AvgIpc) is 3.15. The van der Waals surface area contributed by atoms with E-state index in [4.69, 9.17) is 9.47 Å². The SMILES string of the molecule is COc1ccc2cc([C@H](C)Nc3nccc(N4C(=O)OC[C@@H]4C(C)C)n3)ccc2c1Br. The number of rotatable bonds is 6. The number of benzene rings is 2. The number of aromatic nitrogens is 2. The van der Waals surface area contributed by atoms with Crippen LogP contribution in [-0.4, -0.2) is 35.8 Å². The third-order valence-corrected chi connectivity index (χ3v) is 6.39. The van der Waals surface area contributed by atoms with Crippen LogP contribution in [0.25, 0.3) is 10.8 Å². The Balaban J connectivity index is 1.57. The van der Waals surface area contributed by atoms with E-state index in [1.165, 1.54) is 0 Å². The maximum absolute atomic E-state index is 12.3. The zero-order chi connectivity index (χ0) is 22.1. The molecule has 0 radical (unpaired) electrons. The van der Waals surface area contributed by atoms with Gasteiger partial charge in [0.25, 0.3) is 0 Å². The number of nitrogens with zero attached hydrogens (tertiary/aromatic N) is 3. The molecule has 162 valence electrons. The largest absolute Gasteiger partial charge is 0.496 e. The number of nitrogens with one attached hydrogen (secondary N) is 1. The van der Waals surface area contributed by atoms with Crippen molar-refractivity contribution in [1.82, 2.24) is 9.97 Å². The highest BCUT2D eigenvalue weighted by Crippen LogP contribution is 2.34. The molecule has 1 N–H and O–H groups in total. The molecule has 4 rings (SSSR count). The lowest BCUT2D eigenvalue weighted by Crippen LogP contribution is -2.37. The van der Waals surface area contributed by atoms with Gasteiger partial charge < -0.3 is 14.8 Å². The minimum absolute atomic E-state index is 0.0352. The first-order chi connectivity index (χ1) is 14.9. The molecule has 0 aliphatic carbocycles. The summed E-state index contributed by atoms with van der Waals surface area (Å²) in [6.45, 7) is 6.55. The molecule has 2 aromatic carbocycles. The molecular weight excluding hydrogens is 460 g/mol. The topological polar surface area (TPSA) is 76.6 Å². The predicted molar refractivity (Wildman–Crippen MR) is 125 cm³/mol. The van der Waals surface area contributed by atoms with E-state index in [9.17, 15) is 4.79 Å². The summed E-state index contributed by atoms with van der Waals surface area (Å²) in [5.41, 5.74) is 1.10. The molecule has 1 aliphatic rings. The first-order valence-corrected chi connectivity index (χ1v) is 11.0. The Morgan fingerprint density at radius 3 is 2.77 bits per heavy atom. The molecule has 0 saturated carbocycles. The van der Waals surface area contributed by atoms with Crippen LogP contribution in [0.1, 0.15) is 32.4 Å². The quantitative estimate of drug-likeness (QED) is 0.493. The van der Waals surface area contributed by atoms with E-state index in [2.05, 4.69) is 70.2 Å². The molecular formula is C23H25BrN4O3. The molecule has 1 amide bonds. The fraction of sp³-hybridized carbons (Fsp3) is 0.348. The highest BCUT2D eigenvalue weighted by Gasteiger charge is 2.37. The van der Waals surface area contributed by atoms with Crippen molar-refractivity contribution in [2.45, 2.75) is 32.9 Å². The second kappa shape index (κ2) is 8.70. The molecule has 31 heavy (non-hydrogen) atoms. The van der Waals surface area contributed by atoms with Gasteiger partial charge in [-0.2, -0.15) is 4.98 Å². The van der Waals surface area contributed by atoms with Gasteiger partial charge in [-0.3, -0.25) is 4.90 Å². The van der Waals surface area contributed by atoms with Crippen LogP contribution in [0.3, 0.4) is 0 Å². The molecule has 0 bridgehead atoms.